The molecule has 0 bridgehead atoms. The van der Waals surface area contributed by atoms with Crippen molar-refractivity contribution in [3.8, 4) is 5.75 Å². The second-order valence-electron chi connectivity index (χ2n) is 4.38. The lowest BCUT2D eigenvalue weighted by atomic mass is 10.0. The zero-order valence-electron chi connectivity index (χ0n) is 10.4. The SMILES string of the molecule is Cc1cc(CC2=NNN(C)C=C2)cc(C)c1O. The highest BCUT2D eigenvalue weighted by atomic mass is 16.3. The number of allylic oxidation sites excluding steroid dienone is 1. The first-order valence-corrected chi connectivity index (χ1v) is 5.58. The minimum Gasteiger partial charge on any atom is -0.507 e. The molecule has 90 valence electrons. The summed E-state index contributed by atoms with van der Waals surface area (Å²) in [6.45, 7) is 3.83. The van der Waals surface area contributed by atoms with E-state index in [-0.39, 0.29) is 0 Å². The molecule has 0 spiro atoms. The normalized spacial score (nSPS) is 14.5. The van der Waals surface area contributed by atoms with Crippen molar-refractivity contribution in [1.82, 2.24) is 10.5 Å². The summed E-state index contributed by atoms with van der Waals surface area (Å²) in [6, 6.07) is 3.99. The maximum atomic E-state index is 9.71. The number of aromatic hydroxyl groups is 1. The molecule has 1 aromatic carbocycles. The van der Waals surface area contributed by atoms with Gasteiger partial charge in [0.05, 0.1) is 5.71 Å². The summed E-state index contributed by atoms with van der Waals surface area (Å²) in [4.78, 5) is 0. The second-order valence-corrected chi connectivity index (χ2v) is 4.38. The molecule has 0 aliphatic carbocycles. The zero-order valence-corrected chi connectivity index (χ0v) is 10.4. The van der Waals surface area contributed by atoms with Gasteiger partial charge in [0, 0.05) is 19.7 Å². The molecule has 1 heterocycles. The molecule has 2 rings (SSSR count). The number of benzene rings is 1. The Kier molecular flexibility index (Phi) is 3.04. The van der Waals surface area contributed by atoms with Crippen molar-refractivity contribution in [2.24, 2.45) is 5.10 Å². The van der Waals surface area contributed by atoms with E-state index in [9.17, 15) is 5.11 Å². The van der Waals surface area contributed by atoms with E-state index >= 15 is 0 Å². The van der Waals surface area contributed by atoms with Crippen LogP contribution in [0.3, 0.4) is 0 Å². The van der Waals surface area contributed by atoms with Crippen LogP contribution in [0.25, 0.3) is 0 Å². The first-order chi connectivity index (χ1) is 8.06. The highest BCUT2D eigenvalue weighted by Gasteiger charge is 2.07. The molecule has 0 saturated heterocycles. The number of hydrazine groups is 1. The quantitative estimate of drug-likeness (QED) is 0.817. The summed E-state index contributed by atoms with van der Waals surface area (Å²) in [7, 11) is 1.89. The number of nitrogens with one attached hydrogen (secondary N) is 1. The molecule has 0 atom stereocenters. The fourth-order valence-corrected chi connectivity index (χ4v) is 1.87. The Hall–Kier alpha value is -1.97. The van der Waals surface area contributed by atoms with Gasteiger partial charge in [-0.15, -0.1) is 0 Å². The van der Waals surface area contributed by atoms with E-state index in [1.165, 1.54) is 0 Å². The van der Waals surface area contributed by atoms with Crippen LogP contribution in [0.5, 0.6) is 5.75 Å². The molecule has 17 heavy (non-hydrogen) atoms. The van der Waals surface area contributed by atoms with E-state index in [1.54, 1.807) is 5.01 Å². The van der Waals surface area contributed by atoms with Gasteiger partial charge in [-0.3, -0.25) is 5.01 Å². The van der Waals surface area contributed by atoms with E-state index in [0.29, 0.717) is 5.75 Å². The Morgan fingerprint density at radius 3 is 2.47 bits per heavy atom. The van der Waals surface area contributed by atoms with Crippen LogP contribution in [-0.4, -0.2) is 22.9 Å². The van der Waals surface area contributed by atoms with Gasteiger partial charge in [-0.05, 0) is 36.6 Å². The lowest BCUT2D eigenvalue weighted by Gasteiger charge is -2.18. The van der Waals surface area contributed by atoms with Gasteiger partial charge in [-0.2, -0.15) is 5.10 Å². The van der Waals surface area contributed by atoms with Crippen LogP contribution >= 0.6 is 0 Å². The highest BCUT2D eigenvalue weighted by Crippen LogP contribution is 2.23. The molecule has 0 radical (unpaired) electrons. The van der Waals surface area contributed by atoms with E-state index in [0.717, 1.165) is 28.8 Å². The molecule has 1 aliphatic heterocycles. The number of hydrogen-bond donors (Lipinski definition) is 2. The smallest absolute Gasteiger partial charge is 0.121 e. The molecule has 0 amide bonds. The third kappa shape index (κ3) is 2.58. The van der Waals surface area contributed by atoms with E-state index in [2.05, 4.69) is 10.6 Å². The molecule has 2 N–H and O–H groups in total. The van der Waals surface area contributed by atoms with Crippen LogP contribution in [0, 0.1) is 13.8 Å². The van der Waals surface area contributed by atoms with Crippen LogP contribution in [0.4, 0.5) is 0 Å². The second kappa shape index (κ2) is 4.49. The fourth-order valence-electron chi connectivity index (χ4n) is 1.87. The molecule has 1 aromatic rings. The predicted molar refractivity (Wildman–Crippen MR) is 68.8 cm³/mol. The van der Waals surface area contributed by atoms with Crippen LogP contribution in [0.2, 0.25) is 0 Å². The van der Waals surface area contributed by atoms with Crippen molar-refractivity contribution < 1.29 is 5.11 Å². The molecule has 0 saturated carbocycles. The van der Waals surface area contributed by atoms with Gasteiger partial charge in [-0.25, -0.2) is 5.53 Å². The molecule has 4 nitrogen and oxygen atoms in total. The van der Waals surface area contributed by atoms with Crippen molar-refractivity contribution >= 4 is 5.71 Å². The summed E-state index contributed by atoms with van der Waals surface area (Å²) in [6.07, 6.45) is 4.68. The Morgan fingerprint density at radius 2 is 1.94 bits per heavy atom. The van der Waals surface area contributed by atoms with Crippen molar-refractivity contribution in [3.63, 3.8) is 0 Å². The summed E-state index contributed by atoms with van der Waals surface area (Å²) >= 11 is 0. The van der Waals surface area contributed by atoms with Crippen LogP contribution in [0.15, 0.2) is 29.5 Å². The zero-order chi connectivity index (χ0) is 12.4. The van der Waals surface area contributed by atoms with Crippen LogP contribution in [-0.2, 0) is 6.42 Å². The maximum Gasteiger partial charge on any atom is 0.121 e. The van der Waals surface area contributed by atoms with Crippen LogP contribution < -0.4 is 5.53 Å². The van der Waals surface area contributed by atoms with Crippen molar-refractivity contribution in [2.45, 2.75) is 20.3 Å². The maximum absolute atomic E-state index is 9.71. The molecule has 0 aromatic heterocycles. The standard InChI is InChI=1S/C13H17N3O/c1-9-6-11(7-10(2)13(9)17)8-12-4-5-16(3)15-14-12/h4-7,15,17H,8H2,1-3H3. The number of hydrazone groups is 1. The van der Waals surface area contributed by atoms with Gasteiger partial charge < -0.3 is 5.11 Å². The molecule has 0 fully saturated rings. The number of hydrogen-bond acceptors (Lipinski definition) is 4. The van der Waals surface area contributed by atoms with Crippen molar-refractivity contribution in [1.29, 1.82) is 0 Å². The van der Waals surface area contributed by atoms with Gasteiger partial charge in [0.1, 0.15) is 5.75 Å². The molecular formula is C13H17N3O. The molecular weight excluding hydrogens is 214 g/mol. The summed E-state index contributed by atoms with van der Waals surface area (Å²) in [5.41, 5.74) is 6.83. The third-order valence-electron chi connectivity index (χ3n) is 2.78. The first kappa shape index (κ1) is 11.5. The number of rotatable bonds is 2. The van der Waals surface area contributed by atoms with Gasteiger partial charge in [0.25, 0.3) is 0 Å². The molecule has 4 heteroatoms. The minimum atomic E-state index is 0.382. The van der Waals surface area contributed by atoms with Gasteiger partial charge in [0.2, 0.25) is 0 Å². The first-order valence-electron chi connectivity index (χ1n) is 5.58. The number of aryl methyl sites for hydroxylation is 2. The summed E-state index contributed by atoms with van der Waals surface area (Å²) < 4.78 is 0. The predicted octanol–water partition coefficient (Wildman–Crippen LogP) is 1.87. The Balaban J connectivity index is 2.17. The lowest BCUT2D eigenvalue weighted by molar-refractivity contribution is 0.333. The van der Waals surface area contributed by atoms with E-state index in [4.69, 9.17) is 0 Å². The number of phenolic OH excluding ortho intramolecular Hbond substituents is 1. The fraction of sp³-hybridized carbons (Fsp3) is 0.308. The van der Waals surface area contributed by atoms with Gasteiger partial charge in [0.15, 0.2) is 0 Å². The Labute approximate surface area is 101 Å². The van der Waals surface area contributed by atoms with Gasteiger partial charge in [-0.1, -0.05) is 12.1 Å². The van der Waals surface area contributed by atoms with Crippen LogP contribution in [0.1, 0.15) is 16.7 Å². The van der Waals surface area contributed by atoms with Gasteiger partial charge >= 0.3 is 0 Å². The monoisotopic (exact) mass is 231 g/mol. The highest BCUT2D eigenvalue weighted by molar-refractivity contribution is 5.96. The average molecular weight is 231 g/mol. The topological polar surface area (TPSA) is 47.9 Å². The average Bonchev–Trinajstić information content (AvgIpc) is 2.29. The lowest BCUT2D eigenvalue weighted by Crippen LogP contribution is -2.29. The molecule has 0 unspecified atom stereocenters. The van der Waals surface area contributed by atoms with E-state index < -0.39 is 0 Å². The van der Waals surface area contributed by atoms with E-state index in [1.807, 2.05) is 45.3 Å². The largest absolute Gasteiger partial charge is 0.507 e. The third-order valence-corrected chi connectivity index (χ3v) is 2.78. The molecule has 1 aliphatic rings. The Bertz CT molecular complexity index is 468. The minimum absolute atomic E-state index is 0.382. The van der Waals surface area contributed by atoms with Crippen molar-refractivity contribution in [2.75, 3.05) is 7.05 Å². The Morgan fingerprint density at radius 1 is 1.29 bits per heavy atom. The number of phenols is 1. The number of nitrogens with zero attached hydrogens (tertiary/aromatic N) is 2. The summed E-state index contributed by atoms with van der Waals surface area (Å²) in [5, 5.41) is 15.7. The summed E-state index contributed by atoms with van der Waals surface area (Å²) in [5.74, 6) is 0.382. The van der Waals surface area contributed by atoms with Crippen molar-refractivity contribution in [3.05, 3.63) is 41.1 Å².